The van der Waals surface area contributed by atoms with Gasteiger partial charge in [-0.15, -0.1) is 20.4 Å². The largest absolute Gasteiger partial charge is 0.327 e. The lowest BCUT2D eigenvalue weighted by Crippen LogP contribution is -2.39. The topological polar surface area (TPSA) is 121 Å². The average Bonchev–Trinajstić information content (AvgIpc) is 3.70. The Labute approximate surface area is 265 Å². The molecule has 0 aliphatic carbocycles. The van der Waals surface area contributed by atoms with Gasteiger partial charge in [0.15, 0.2) is 10.0 Å². The Hall–Kier alpha value is -3.28. The van der Waals surface area contributed by atoms with Crippen LogP contribution in [0.1, 0.15) is 12.8 Å². The molecule has 4 aromatic heterocycles. The van der Waals surface area contributed by atoms with E-state index in [1.807, 2.05) is 12.5 Å². The molecular formula is C26H31F2N9O2S4. The van der Waals surface area contributed by atoms with Crippen LogP contribution in [-0.4, -0.2) is 98.9 Å². The Kier molecular flexibility index (Phi) is 13.6. The van der Waals surface area contributed by atoms with Crippen molar-refractivity contribution in [2.75, 3.05) is 61.5 Å². The number of nitrogens with zero attached hydrogens (tertiary/aromatic N) is 9. The highest BCUT2D eigenvalue weighted by atomic mass is 32.2. The van der Waals surface area contributed by atoms with Gasteiger partial charge in [0, 0.05) is 63.4 Å². The molecule has 0 aliphatic heterocycles. The van der Waals surface area contributed by atoms with E-state index in [1.54, 1.807) is 49.6 Å². The van der Waals surface area contributed by atoms with Crippen molar-refractivity contribution in [1.29, 1.82) is 0 Å². The van der Waals surface area contributed by atoms with Crippen molar-refractivity contribution in [3.63, 3.8) is 0 Å². The summed E-state index contributed by atoms with van der Waals surface area (Å²) in [6.45, 7) is 0.657. The molecule has 0 aromatic carbocycles. The Balaban J connectivity index is 0.000000236. The van der Waals surface area contributed by atoms with Crippen molar-refractivity contribution in [2.45, 2.75) is 12.8 Å². The van der Waals surface area contributed by atoms with Crippen molar-refractivity contribution in [3.05, 3.63) is 48.6 Å². The van der Waals surface area contributed by atoms with Crippen LogP contribution in [0.25, 0.3) is 21.1 Å². The number of hydrogen-bond donors (Lipinski definition) is 0. The third-order valence-corrected chi connectivity index (χ3v) is 9.05. The predicted molar refractivity (Wildman–Crippen MR) is 172 cm³/mol. The molecule has 4 rings (SSSR count). The zero-order chi connectivity index (χ0) is 31.4. The molecule has 0 radical (unpaired) electrons. The number of rotatable bonds is 11. The highest BCUT2D eigenvalue weighted by Gasteiger charge is 2.20. The smallest absolute Gasteiger partial charge is 0.325 e. The zero-order valence-corrected chi connectivity index (χ0v) is 27.5. The summed E-state index contributed by atoms with van der Waals surface area (Å²) in [5, 5.41) is 18.0. The van der Waals surface area contributed by atoms with Crippen LogP contribution in [0.2, 0.25) is 0 Å². The lowest BCUT2D eigenvalue weighted by atomic mass is 10.3. The van der Waals surface area contributed by atoms with Crippen LogP contribution in [0.3, 0.4) is 0 Å². The Morgan fingerprint density at radius 3 is 1.77 bits per heavy atom. The predicted octanol–water partition coefficient (Wildman–Crippen LogP) is 5.44. The number of pyridine rings is 2. The molecule has 43 heavy (non-hydrogen) atoms. The normalized spacial score (nSPS) is 10.6. The fourth-order valence-corrected chi connectivity index (χ4v) is 5.77. The first-order valence-electron chi connectivity index (χ1n) is 12.8. The first kappa shape index (κ1) is 34.2. The molecule has 0 atom stereocenters. The molecule has 230 valence electrons. The number of carbonyl (C=O) groups excluding carboxylic acids is 2. The van der Waals surface area contributed by atoms with Gasteiger partial charge in [0.2, 0.25) is 16.2 Å². The number of carbonyl (C=O) groups is 2. The summed E-state index contributed by atoms with van der Waals surface area (Å²) < 4.78 is 26.3. The molecule has 11 nitrogen and oxygen atoms in total. The SMILES string of the molecule is CSCCCC(=O)N(C)c1nnc(-c2cncc(F)c2)s1.CSCCN(C)C(=O)N(C)c1nnc(-c2cncc(F)c2)s1. The summed E-state index contributed by atoms with van der Waals surface area (Å²) in [5.74, 6) is 0.966. The van der Waals surface area contributed by atoms with E-state index in [0.717, 1.165) is 30.3 Å². The molecule has 0 aliphatic rings. The lowest BCUT2D eigenvalue weighted by molar-refractivity contribution is -0.118. The second-order valence-electron chi connectivity index (χ2n) is 8.87. The fourth-order valence-electron chi connectivity index (χ4n) is 3.30. The number of hydrogen-bond acceptors (Lipinski definition) is 12. The van der Waals surface area contributed by atoms with Gasteiger partial charge in [0.05, 0.1) is 12.4 Å². The molecule has 0 N–H and O–H groups in total. The number of anilines is 2. The van der Waals surface area contributed by atoms with E-state index >= 15 is 0 Å². The maximum atomic E-state index is 13.2. The lowest BCUT2D eigenvalue weighted by Gasteiger charge is -2.22. The number of aromatic nitrogens is 6. The van der Waals surface area contributed by atoms with Crippen molar-refractivity contribution >= 4 is 68.4 Å². The summed E-state index contributed by atoms with van der Waals surface area (Å²) in [6, 6.07) is 2.52. The van der Waals surface area contributed by atoms with Crippen LogP contribution < -0.4 is 9.80 Å². The van der Waals surface area contributed by atoms with Crippen LogP contribution in [0.4, 0.5) is 23.8 Å². The van der Waals surface area contributed by atoms with Crippen molar-refractivity contribution in [1.82, 2.24) is 35.3 Å². The first-order chi connectivity index (χ1) is 20.6. The number of amides is 3. The highest BCUT2D eigenvalue weighted by Crippen LogP contribution is 2.29. The summed E-state index contributed by atoms with van der Waals surface area (Å²) >= 11 is 5.85. The summed E-state index contributed by atoms with van der Waals surface area (Å²) in [5.41, 5.74) is 1.10. The second-order valence-corrected chi connectivity index (χ2v) is 12.8. The maximum Gasteiger partial charge on any atom is 0.325 e. The van der Waals surface area contributed by atoms with Crippen LogP contribution in [0, 0.1) is 11.6 Å². The minimum atomic E-state index is -0.435. The van der Waals surface area contributed by atoms with Gasteiger partial charge in [0.1, 0.15) is 11.6 Å². The van der Waals surface area contributed by atoms with Gasteiger partial charge in [-0.25, -0.2) is 13.6 Å². The van der Waals surface area contributed by atoms with E-state index in [0.29, 0.717) is 44.4 Å². The quantitative estimate of drug-likeness (QED) is 0.191. The molecule has 0 spiro atoms. The standard InChI is InChI=1S/C13H16FN5OS2.C13H15FN4OS2/c1-18(4-5-21-3)13(20)19(2)12-17-16-11(22-12)9-6-10(14)8-15-7-9;1-18(11(19)4-3-5-20-2)13-17-16-12(21-13)9-6-10(14)8-15-7-9/h6-8H,4-5H2,1-3H3;6-8H,3-5H2,1-2H3. The minimum Gasteiger partial charge on any atom is -0.327 e. The van der Waals surface area contributed by atoms with Crippen molar-refractivity contribution < 1.29 is 18.4 Å². The van der Waals surface area contributed by atoms with E-state index in [2.05, 4.69) is 30.4 Å². The molecular weight excluding hydrogens is 637 g/mol. The van der Waals surface area contributed by atoms with Crippen LogP contribution in [-0.2, 0) is 4.79 Å². The monoisotopic (exact) mass is 667 g/mol. The molecule has 0 saturated heterocycles. The van der Waals surface area contributed by atoms with Crippen LogP contribution in [0.5, 0.6) is 0 Å². The van der Waals surface area contributed by atoms with Gasteiger partial charge in [-0.1, -0.05) is 22.7 Å². The van der Waals surface area contributed by atoms with E-state index in [1.165, 1.54) is 57.0 Å². The maximum absolute atomic E-state index is 13.2. The number of urea groups is 1. The van der Waals surface area contributed by atoms with E-state index in [9.17, 15) is 18.4 Å². The van der Waals surface area contributed by atoms with Crippen molar-refractivity contribution in [2.24, 2.45) is 0 Å². The van der Waals surface area contributed by atoms with E-state index in [-0.39, 0.29) is 11.9 Å². The van der Waals surface area contributed by atoms with Gasteiger partial charge < -0.3 is 4.90 Å². The Morgan fingerprint density at radius 2 is 1.28 bits per heavy atom. The number of halogens is 2. The molecule has 4 aromatic rings. The molecule has 3 amide bonds. The zero-order valence-electron chi connectivity index (χ0n) is 24.2. The number of thioether (sulfide) groups is 2. The van der Waals surface area contributed by atoms with Gasteiger partial charge in [0.25, 0.3) is 0 Å². The Bertz CT molecular complexity index is 1490. The Morgan fingerprint density at radius 1 is 0.767 bits per heavy atom. The third kappa shape index (κ3) is 10.1. The van der Waals surface area contributed by atoms with E-state index in [4.69, 9.17) is 0 Å². The van der Waals surface area contributed by atoms with Gasteiger partial charge >= 0.3 is 6.03 Å². The molecule has 0 bridgehead atoms. The minimum absolute atomic E-state index is 0.00381. The first-order valence-corrected chi connectivity index (χ1v) is 17.2. The van der Waals surface area contributed by atoms with E-state index < -0.39 is 11.6 Å². The molecule has 17 heteroatoms. The summed E-state index contributed by atoms with van der Waals surface area (Å²) in [7, 11) is 5.06. The fraction of sp³-hybridized carbons (Fsp3) is 0.385. The van der Waals surface area contributed by atoms with Crippen LogP contribution in [0.15, 0.2) is 36.9 Å². The summed E-state index contributed by atoms with van der Waals surface area (Å²) in [4.78, 5) is 36.4. The summed E-state index contributed by atoms with van der Waals surface area (Å²) in [6.07, 6.45) is 10.6. The highest BCUT2D eigenvalue weighted by molar-refractivity contribution is 7.98. The van der Waals surface area contributed by atoms with Gasteiger partial charge in [-0.05, 0) is 36.8 Å². The second kappa shape index (κ2) is 17.1. The van der Waals surface area contributed by atoms with Gasteiger partial charge in [-0.2, -0.15) is 23.5 Å². The third-order valence-electron chi connectivity index (χ3n) is 5.66. The average molecular weight is 668 g/mol. The van der Waals surface area contributed by atoms with Crippen molar-refractivity contribution in [3.8, 4) is 21.1 Å². The molecule has 0 fully saturated rings. The van der Waals surface area contributed by atoms with Gasteiger partial charge in [-0.3, -0.25) is 24.6 Å². The molecule has 0 saturated carbocycles. The van der Waals surface area contributed by atoms with Crippen LogP contribution >= 0.6 is 46.2 Å². The molecule has 4 heterocycles. The molecule has 0 unspecified atom stereocenters.